The summed E-state index contributed by atoms with van der Waals surface area (Å²) in [5.41, 5.74) is 7.05. The van der Waals surface area contributed by atoms with Crippen molar-refractivity contribution in [3.8, 4) is 0 Å². The number of nitrogens with two attached hydrogens (primary N) is 1. The van der Waals surface area contributed by atoms with Crippen LogP contribution in [-0.2, 0) is 6.54 Å². The Bertz CT molecular complexity index is 524. The van der Waals surface area contributed by atoms with E-state index in [1.165, 1.54) is 0 Å². The first-order valence-corrected chi connectivity index (χ1v) is 6.50. The van der Waals surface area contributed by atoms with E-state index in [2.05, 4.69) is 25.2 Å². The van der Waals surface area contributed by atoms with Crippen LogP contribution >= 0.6 is 0 Å². The van der Waals surface area contributed by atoms with E-state index in [-0.39, 0.29) is 6.04 Å². The standard InChI is InChI=1S/C13H18N6/c14-10-3-5-19(8-10)13-6-12(17-9-18-13)16-7-11-2-1-4-15-11/h1-2,4,6,9-10,15H,3,5,7-8,14H2,(H,16,17,18). The van der Waals surface area contributed by atoms with Crippen LogP contribution in [0.2, 0.25) is 0 Å². The molecule has 6 heteroatoms. The Morgan fingerprint density at radius 3 is 3.16 bits per heavy atom. The fourth-order valence-corrected chi connectivity index (χ4v) is 2.28. The molecule has 19 heavy (non-hydrogen) atoms. The summed E-state index contributed by atoms with van der Waals surface area (Å²) in [6, 6.07) is 6.24. The van der Waals surface area contributed by atoms with E-state index >= 15 is 0 Å². The third kappa shape index (κ3) is 2.85. The molecule has 0 aromatic carbocycles. The van der Waals surface area contributed by atoms with Crippen LogP contribution in [0.4, 0.5) is 11.6 Å². The highest BCUT2D eigenvalue weighted by atomic mass is 15.2. The van der Waals surface area contributed by atoms with Crippen LogP contribution in [0.25, 0.3) is 0 Å². The molecule has 3 heterocycles. The second-order valence-electron chi connectivity index (χ2n) is 4.81. The summed E-state index contributed by atoms with van der Waals surface area (Å²) >= 11 is 0. The third-order valence-corrected chi connectivity index (χ3v) is 3.32. The minimum atomic E-state index is 0.255. The molecule has 2 aromatic heterocycles. The summed E-state index contributed by atoms with van der Waals surface area (Å²) in [4.78, 5) is 13.9. The van der Waals surface area contributed by atoms with Crippen molar-refractivity contribution < 1.29 is 0 Å². The summed E-state index contributed by atoms with van der Waals surface area (Å²) in [6.07, 6.45) is 4.53. The van der Waals surface area contributed by atoms with Crippen LogP contribution in [0.3, 0.4) is 0 Å². The number of aromatic nitrogens is 3. The minimum absolute atomic E-state index is 0.255. The molecule has 4 N–H and O–H groups in total. The maximum atomic E-state index is 5.92. The second kappa shape index (κ2) is 5.27. The zero-order valence-corrected chi connectivity index (χ0v) is 10.7. The van der Waals surface area contributed by atoms with E-state index in [9.17, 15) is 0 Å². The Balaban J connectivity index is 1.66. The Labute approximate surface area is 112 Å². The van der Waals surface area contributed by atoms with Crippen LogP contribution in [0.15, 0.2) is 30.7 Å². The van der Waals surface area contributed by atoms with Gasteiger partial charge in [-0.25, -0.2) is 9.97 Å². The molecule has 6 nitrogen and oxygen atoms in total. The van der Waals surface area contributed by atoms with Crippen LogP contribution in [0, 0.1) is 0 Å². The third-order valence-electron chi connectivity index (χ3n) is 3.32. The number of hydrogen-bond acceptors (Lipinski definition) is 5. The Morgan fingerprint density at radius 2 is 2.42 bits per heavy atom. The van der Waals surface area contributed by atoms with E-state index < -0.39 is 0 Å². The topological polar surface area (TPSA) is 82.9 Å². The molecule has 1 fully saturated rings. The van der Waals surface area contributed by atoms with Crippen LogP contribution < -0.4 is 16.0 Å². The first kappa shape index (κ1) is 12.0. The van der Waals surface area contributed by atoms with E-state index in [4.69, 9.17) is 5.73 Å². The van der Waals surface area contributed by atoms with Gasteiger partial charge in [0.2, 0.25) is 0 Å². The monoisotopic (exact) mass is 258 g/mol. The van der Waals surface area contributed by atoms with Crippen molar-refractivity contribution in [1.29, 1.82) is 0 Å². The summed E-state index contributed by atoms with van der Waals surface area (Å²) in [6.45, 7) is 2.56. The van der Waals surface area contributed by atoms with Gasteiger partial charge in [0.1, 0.15) is 18.0 Å². The molecule has 1 aliphatic rings. The normalized spacial score (nSPS) is 18.8. The van der Waals surface area contributed by atoms with Crippen molar-refractivity contribution >= 4 is 11.6 Å². The van der Waals surface area contributed by atoms with Gasteiger partial charge in [0.05, 0.1) is 6.54 Å². The summed E-state index contributed by atoms with van der Waals surface area (Å²) in [5.74, 6) is 1.78. The molecular formula is C13H18N6. The van der Waals surface area contributed by atoms with Crippen molar-refractivity contribution in [3.05, 3.63) is 36.4 Å². The molecule has 3 rings (SSSR count). The number of H-pyrrole nitrogens is 1. The predicted octanol–water partition coefficient (Wildman–Crippen LogP) is 0.954. The lowest BCUT2D eigenvalue weighted by Gasteiger charge is -2.17. The first-order valence-electron chi connectivity index (χ1n) is 6.50. The number of aromatic amines is 1. The molecule has 0 bridgehead atoms. The van der Waals surface area contributed by atoms with Crippen LogP contribution in [-0.4, -0.2) is 34.1 Å². The molecule has 100 valence electrons. The number of nitrogens with zero attached hydrogens (tertiary/aromatic N) is 3. The van der Waals surface area contributed by atoms with Crippen LogP contribution in [0.1, 0.15) is 12.1 Å². The van der Waals surface area contributed by atoms with Gasteiger partial charge in [0.25, 0.3) is 0 Å². The van der Waals surface area contributed by atoms with Gasteiger partial charge in [-0.1, -0.05) is 0 Å². The summed E-state index contributed by atoms with van der Waals surface area (Å²) in [7, 11) is 0. The van der Waals surface area contributed by atoms with Crippen LogP contribution in [0.5, 0.6) is 0 Å². The molecule has 1 saturated heterocycles. The number of nitrogens with one attached hydrogen (secondary N) is 2. The molecule has 0 radical (unpaired) electrons. The number of rotatable bonds is 4. The lowest BCUT2D eigenvalue weighted by molar-refractivity contribution is 0.751. The highest BCUT2D eigenvalue weighted by Crippen LogP contribution is 2.19. The largest absolute Gasteiger partial charge is 0.364 e. The average molecular weight is 258 g/mol. The van der Waals surface area contributed by atoms with Crippen molar-refractivity contribution in [3.63, 3.8) is 0 Å². The fourth-order valence-electron chi connectivity index (χ4n) is 2.28. The highest BCUT2D eigenvalue weighted by Gasteiger charge is 2.20. The molecule has 0 amide bonds. The minimum Gasteiger partial charge on any atom is -0.364 e. The maximum absolute atomic E-state index is 5.92. The zero-order chi connectivity index (χ0) is 13.1. The fraction of sp³-hybridized carbons (Fsp3) is 0.385. The number of anilines is 2. The molecule has 0 saturated carbocycles. The number of hydrogen-bond donors (Lipinski definition) is 3. The van der Waals surface area contributed by atoms with Crippen molar-refractivity contribution in [1.82, 2.24) is 15.0 Å². The smallest absolute Gasteiger partial charge is 0.134 e. The molecule has 0 spiro atoms. The van der Waals surface area contributed by atoms with E-state index in [0.717, 1.165) is 43.4 Å². The van der Waals surface area contributed by atoms with E-state index in [0.29, 0.717) is 0 Å². The van der Waals surface area contributed by atoms with Gasteiger partial charge < -0.3 is 20.9 Å². The Morgan fingerprint density at radius 1 is 1.47 bits per heavy atom. The zero-order valence-electron chi connectivity index (χ0n) is 10.7. The maximum Gasteiger partial charge on any atom is 0.134 e. The second-order valence-corrected chi connectivity index (χ2v) is 4.81. The molecule has 1 unspecified atom stereocenters. The van der Waals surface area contributed by atoms with Gasteiger partial charge in [0.15, 0.2) is 0 Å². The Hall–Kier alpha value is -2.08. The van der Waals surface area contributed by atoms with Crippen molar-refractivity contribution in [2.75, 3.05) is 23.3 Å². The van der Waals surface area contributed by atoms with Gasteiger partial charge in [-0.2, -0.15) is 0 Å². The average Bonchev–Trinajstić information content (AvgIpc) is 3.08. The van der Waals surface area contributed by atoms with Crippen molar-refractivity contribution in [2.45, 2.75) is 19.0 Å². The van der Waals surface area contributed by atoms with Gasteiger partial charge in [-0.3, -0.25) is 0 Å². The summed E-state index contributed by atoms with van der Waals surface area (Å²) < 4.78 is 0. The first-order chi connectivity index (χ1) is 9.31. The van der Waals surface area contributed by atoms with Gasteiger partial charge in [0, 0.05) is 37.1 Å². The molecule has 2 aromatic rings. The lowest BCUT2D eigenvalue weighted by atomic mass is 10.3. The predicted molar refractivity (Wildman–Crippen MR) is 75.0 cm³/mol. The van der Waals surface area contributed by atoms with Gasteiger partial charge in [-0.05, 0) is 18.6 Å². The molecular weight excluding hydrogens is 240 g/mol. The summed E-state index contributed by atoms with van der Waals surface area (Å²) in [5, 5.41) is 3.28. The SMILES string of the molecule is NC1CCN(c2cc(NCc3ccc[nH]3)ncn2)C1. The quantitative estimate of drug-likeness (QED) is 0.760. The van der Waals surface area contributed by atoms with E-state index in [1.54, 1.807) is 6.33 Å². The molecule has 1 aliphatic heterocycles. The molecule has 1 atom stereocenters. The van der Waals surface area contributed by atoms with Gasteiger partial charge >= 0.3 is 0 Å². The highest BCUT2D eigenvalue weighted by molar-refractivity contribution is 5.49. The van der Waals surface area contributed by atoms with Gasteiger partial charge in [-0.15, -0.1) is 0 Å². The Kier molecular flexibility index (Phi) is 3.33. The van der Waals surface area contributed by atoms with Crippen molar-refractivity contribution in [2.24, 2.45) is 5.73 Å². The molecule has 0 aliphatic carbocycles. The lowest BCUT2D eigenvalue weighted by Crippen LogP contribution is -2.26. The van der Waals surface area contributed by atoms with E-state index in [1.807, 2.05) is 24.4 Å².